The molecule has 0 bridgehead atoms. The predicted octanol–water partition coefficient (Wildman–Crippen LogP) is 2.25. The van der Waals surface area contributed by atoms with E-state index in [0.717, 1.165) is 44.2 Å². The van der Waals surface area contributed by atoms with Crippen LogP contribution >= 0.6 is 37.2 Å². The average molecular weight is 430 g/mol. The zero-order valence-electron chi connectivity index (χ0n) is 15.3. The van der Waals surface area contributed by atoms with Gasteiger partial charge in [0.25, 0.3) is 0 Å². The third kappa shape index (κ3) is 10.4. The van der Waals surface area contributed by atoms with Gasteiger partial charge in [0.2, 0.25) is 5.91 Å². The van der Waals surface area contributed by atoms with Gasteiger partial charge in [-0.15, -0.1) is 37.2 Å². The maximum absolute atomic E-state index is 11.6. The predicted molar refractivity (Wildman–Crippen MR) is 115 cm³/mol. The van der Waals surface area contributed by atoms with E-state index in [1.807, 2.05) is 31.2 Å². The number of rotatable bonds is 7. The van der Waals surface area contributed by atoms with Gasteiger partial charge >= 0.3 is 0 Å². The van der Waals surface area contributed by atoms with Crippen LogP contribution in [0.25, 0.3) is 0 Å². The highest BCUT2D eigenvalue weighted by atomic mass is 35.5. The Morgan fingerprint density at radius 2 is 1.73 bits per heavy atom. The number of nitrogens with two attached hydrogens (primary N) is 1. The zero-order valence-corrected chi connectivity index (χ0v) is 17.8. The molecule has 1 unspecified atom stereocenters. The summed E-state index contributed by atoms with van der Waals surface area (Å²) in [5.74, 6) is 0.757. The molecule has 1 heterocycles. The van der Waals surface area contributed by atoms with E-state index in [-0.39, 0.29) is 49.2 Å². The molecule has 0 aliphatic carbocycles. The fourth-order valence-electron chi connectivity index (χ4n) is 2.50. The Labute approximate surface area is 175 Å². The summed E-state index contributed by atoms with van der Waals surface area (Å²) in [4.78, 5) is 16.4. The first-order chi connectivity index (χ1) is 11.0. The van der Waals surface area contributed by atoms with Crippen LogP contribution in [0.2, 0.25) is 0 Å². The third-order valence-electron chi connectivity index (χ3n) is 3.92. The lowest BCUT2D eigenvalue weighted by Gasteiger charge is -2.32. The van der Waals surface area contributed by atoms with E-state index in [0.29, 0.717) is 13.0 Å². The van der Waals surface area contributed by atoms with Gasteiger partial charge in [-0.3, -0.25) is 9.69 Å². The van der Waals surface area contributed by atoms with Gasteiger partial charge in [0.05, 0.1) is 0 Å². The first kappa shape index (κ1) is 27.5. The Balaban J connectivity index is 0. The topological polar surface area (TPSA) is 70.8 Å². The molecule has 1 amide bonds. The molecule has 1 aliphatic rings. The normalized spacial score (nSPS) is 15.7. The first-order valence-corrected chi connectivity index (χ1v) is 8.22. The van der Waals surface area contributed by atoms with Crippen molar-refractivity contribution in [1.29, 1.82) is 0 Å². The van der Waals surface area contributed by atoms with Crippen molar-refractivity contribution in [1.82, 2.24) is 9.80 Å². The minimum absolute atomic E-state index is 0. The Kier molecular flexibility index (Phi) is 15.1. The van der Waals surface area contributed by atoms with E-state index in [1.165, 1.54) is 0 Å². The minimum Gasteiger partial charge on any atom is -0.492 e. The highest BCUT2D eigenvalue weighted by molar-refractivity contribution is 5.91. The van der Waals surface area contributed by atoms with Crippen molar-refractivity contribution in [3.05, 3.63) is 24.3 Å². The van der Waals surface area contributed by atoms with Gasteiger partial charge in [-0.1, -0.05) is 0 Å². The second-order valence-electron chi connectivity index (χ2n) is 6.25. The maximum Gasteiger partial charge on any atom is 0.225 e. The molecule has 1 atom stereocenters. The molecular formula is C17H31Cl3N4O2. The molecule has 1 aromatic carbocycles. The number of ether oxygens (including phenoxy) is 1. The third-order valence-corrected chi connectivity index (χ3v) is 3.92. The summed E-state index contributed by atoms with van der Waals surface area (Å²) in [6.45, 7) is 7.89. The molecule has 1 saturated heterocycles. The number of hydrogen-bond donors (Lipinski definition) is 2. The molecule has 0 radical (unpaired) electrons. The summed E-state index contributed by atoms with van der Waals surface area (Å²) >= 11 is 0. The number of likely N-dealkylation sites (N-methyl/N-ethyl adjacent to an activating group) is 1. The van der Waals surface area contributed by atoms with Crippen LogP contribution in [0.4, 0.5) is 5.69 Å². The molecule has 6 nitrogen and oxygen atoms in total. The van der Waals surface area contributed by atoms with Crippen LogP contribution in [0.3, 0.4) is 0 Å². The molecule has 1 fully saturated rings. The lowest BCUT2D eigenvalue weighted by atomic mass is 10.2. The molecule has 152 valence electrons. The number of hydrogen-bond acceptors (Lipinski definition) is 5. The van der Waals surface area contributed by atoms with Crippen LogP contribution in [0.15, 0.2) is 24.3 Å². The van der Waals surface area contributed by atoms with Crippen molar-refractivity contribution >= 4 is 48.8 Å². The van der Waals surface area contributed by atoms with Crippen molar-refractivity contribution < 1.29 is 9.53 Å². The molecule has 1 aliphatic heterocycles. The summed E-state index contributed by atoms with van der Waals surface area (Å²) in [6, 6.07) is 7.33. The van der Waals surface area contributed by atoms with E-state index in [1.54, 1.807) is 0 Å². The van der Waals surface area contributed by atoms with E-state index in [4.69, 9.17) is 10.5 Å². The van der Waals surface area contributed by atoms with Crippen LogP contribution in [0, 0.1) is 0 Å². The van der Waals surface area contributed by atoms with Crippen LogP contribution in [0.5, 0.6) is 5.75 Å². The summed E-state index contributed by atoms with van der Waals surface area (Å²) in [5.41, 5.74) is 6.37. The summed E-state index contributed by atoms with van der Waals surface area (Å²) in [6.07, 6.45) is 0.323. The van der Waals surface area contributed by atoms with Crippen molar-refractivity contribution in [3.63, 3.8) is 0 Å². The van der Waals surface area contributed by atoms with Crippen LogP contribution in [0.1, 0.15) is 13.3 Å². The number of carbonyl (C=O) groups excluding carboxylic acids is 1. The zero-order chi connectivity index (χ0) is 16.7. The van der Waals surface area contributed by atoms with Crippen LogP contribution in [-0.2, 0) is 4.79 Å². The molecular weight excluding hydrogens is 399 g/mol. The monoisotopic (exact) mass is 428 g/mol. The Morgan fingerprint density at radius 3 is 2.27 bits per heavy atom. The molecule has 1 aromatic rings. The van der Waals surface area contributed by atoms with E-state index < -0.39 is 0 Å². The second-order valence-corrected chi connectivity index (χ2v) is 6.25. The van der Waals surface area contributed by atoms with Gasteiger partial charge in [0, 0.05) is 50.9 Å². The fourth-order valence-corrected chi connectivity index (χ4v) is 2.50. The number of benzene rings is 1. The van der Waals surface area contributed by atoms with E-state index >= 15 is 0 Å². The maximum atomic E-state index is 11.6. The highest BCUT2D eigenvalue weighted by Gasteiger charge is 2.13. The Morgan fingerprint density at radius 1 is 1.15 bits per heavy atom. The Hall–Kier alpha value is -0.760. The summed E-state index contributed by atoms with van der Waals surface area (Å²) < 4.78 is 5.77. The lowest BCUT2D eigenvalue weighted by Crippen LogP contribution is -2.45. The molecule has 0 aromatic heterocycles. The first-order valence-electron chi connectivity index (χ1n) is 8.22. The fraction of sp³-hybridized carbons (Fsp3) is 0.588. The highest BCUT2D eigenvalue weighted by Crippen LogP contribution is 2.16. The lowest BCUT2D eigenvalue weighted by molar-refractivity contribution is -0.116. The number of halogens is 3. The molecule has 2 rings (SSSR count). The van der Waals surface area contributed by atoms with E-state index in [2.05, 4.69) is 22.2 Å². The molecule has 9 heteroatoms. The largest absolute Gasteiger partial charge is 0.492 e. The van der Waals surface area contributed by atoms with Crippen LogP contribution in [-0.4, -0.2) is 68.1 Å². The smallest absolute Gasteiger partial charge is 0.225 e. The number of nitrogens with one attached hydrogen (secondary N) is 1. The minimum atomic E-state index is -0.132. The average Bonchev–Trinajstić information content (AvgIpc) is 2.50. The van der Waals surface area contributed by atoms with Gasteiger partial charge in [-0.05, 0) is 38.2 Å². The quantitative estimate of drug-likeness (QED) is 0.695. The molecule has 3 N–H and O–H groups in total. The van der Waals surface area contributed by atoms with Crippen molar-refractivity contribution in [3.8, 4) is 5.75 Å². The number of piperazine rings is 1. The van der Waals surface area contributed by atoms with Crippen molar-refractivity contribution in [2.45, 2.75) is 19.4 Å². The van der Waals surface area contributed by atoms with Gasteiger partial charge < -0.3 is 20.7 Å². The van der Waals surface area contributed by atoms with Crippen molar-refractivity contribution in [2.24, 2.45) is 5.73 Å². The second kappa shape index (κ2) is 14.3. The number of nitrogens with zero attached hydrogens (tertiary/aromatic N) is 2. The molecule has 0 saturated carbocycles. The Bertz CT molecular complexity index is 495. The van der Waals surface area contributed by atoms with Gasteiger partial charge in [-0.25, -0.2) is 0 Å². The SMILES string of the molecule is CC(N)CC(=O)Nc1ccc(OCCN2CCN(C)CC2)cc1.Cl.Cl.Cl. The van der Waals surface area contributed by atoms with Gasteiger partial charge in [-0.2, -0.15) is 0 Å². The van der Waals surface area contributed by atoms with Gasteiger partial charge in [0.1, 0.15) is 12.4 Å². The molecule has 0 spiro atoms. The van der Waals surface area contributed by atoms with E-state index in [9.17, 15) is 4.79 Å². The standard InChI is InChI=1S/C17H28N4O2.3ClH/c1-14(18)13-17(22)19-15-3-5-16(6-4-15)23-12-11-21-9-7-20(2)8-10-21;;;/h3-6,14H,7-13,18H2,1-2H3,(H,19,22);3*1H. The number of carbonyl (C=O) groups is 1. The van der Waals surface area contributed by atoms with Crippen LogP contribution < -0.4 is 15.8 Å². The summed E-state index contributed by atoms with van der Waals surface area (Å²) in [5, 5.41) is 2.83. The molecule has 26 heavy (non-hydrogen) atoms. The van der Waals surface area contributed by atoms with Crippen molar-refractivity contribution in [2.75, 3.05) is 51.7 Å². The number of amides is 1. The van der Waals surface area contributed by atoms with Gasteiger partial charge in [0.15, 0.2) is 0 Å². The summed E-state index contributed by atoms with van der Waals surface area (Å²) in [7, 11) is 2.16. The number of anilines is 1.